The van der Waals surface area contributed by atoms with Crippen molar-refractivity contribution in [2.45, 2.75) is 50.7 Å². The van der Waals surface area contributed by atoms with E-state index in [1.807, 2.05) is 12.1 Å². The predicted molar refractivity (Wildman–Crippen MR) is 87.6 cm³/mol. The summed E-state index contributed by atoms with van der Waals surface area (Å²) in [4.78, 5) is 13.9. The fourth-order valence-corrected chi connectivity index (χ4v) is 4.01. The Morgan fingerprint density at radius 1 is 1.24 bits per heavy atom. The SMILES string of the molecule is CN(c1cc2c(cc1Br)C(O)C(=O)N2)C1CCCCCC1. The summed E-state index contributed by atoms with van der Waals surface area (Å²) < 4.78 is 0.934. The molecule has 1 heterocycles. The maximum atomic E-state index is 11.6. The van der Waals surface area contributed by atoms with Gasteiger partial charge >= 0.3 is 0 Å². The highest BCUT2D eigenvalue weighted by Gasteiger charge is 2.30. The number of hydrogen-bond donors (Lipinski definition) is 2. The highest BCUT2D eigenvalue weighted by molar-refractivity contribution is 9.10. The molecule has 1 aromatic rings. The predicted octanol–water partition coefficient (Wildman–Crippen LogP) is 3.59. The number of anilines is 2. The number of rotatable bonds is 2. The van der Waals surface area contributed by atoms with Gasteiger partial charge in [0.2, 0.25) is 0 Å². The first-order chi connectivity index (χ1) is 10.1. The minimum atomic E-state index is -1.05. The zero-order valence-corrected chi connectivity index (χ0v) is 13.8. The van der Waals surface area contributed by atoms with Gasteiger partial charge < -0.3 is 15.3 Å². The van der Waals surface area contributed by atoms with Gasteiger partial charge in [-0.25, -0.2) is 0 Å². The van der Waals surface area contributed by atoms with E-state index >= 15 is 0 Å². The Balaban J connectivity index is 1.88. The molecule has 0 bridgehead atoms. The Morgan fingerprint density at radius 2 is 1.90 bits per heavy atom. The molecule has 0 spiro atoms. The fourth-order valence-electron chi connectivity index (χ4n) is 3.37. The molecule has 4 nitrogen and oxygen atoms in total. The first kappa shape index (κ1) is 14.9. The molecule has 1 unspecified atom stereocenters. The Bertz CT molecular complexity index is 553. The van der Waals surface area contributed by atoms with E-state index in [2.05, 4.69) is 33.2 Å². The molecule has 0 aromatic heterocycles. The van der Waals surface area contributed by atoms with Gasteiger partial charge in [0.15, 0.2) is 6.10 Å². The van der Waals surface area contributed by atoms with E-state index in [1.54, 1.807) is 0 Å². The molecule has 1 saturated carbocycles. The van der Waals surface area contributed by atoms with Crippen molar-refractivity contribution in [1.82, 2.24) is 0 Å². The van der Waals surface area contributed by atoms with Crippen molar-refractivity contribution in [2.75, 3.05) is 17.3 Å². The smallest absolute Gasteiger partial charge is 0.257 e. The molecule has 1 aliphatic carbocycles. The van der Waals surface area contributed by atoms with E-state index in [-0.39, 0.29) is 5.91 Å². The van der Waals surface area contributed by atoms with Crippen molar-refractivity contribution in [1.29, 1.82) is 0 Å². The molecule has 114 valence electrons. The van der Waals surface area contributed by atoms with Gasteiger partial charge in [0, 0.05) is 28.8 Å². The third-order valence-corrected chi connectivity index (χ3v) is 5.31. The lowest BCUT2D eigenvalue weighted by Crippen LogP contribution is -2.31. The van der Waals surface area contributed by atoms with Crippen LogP contribution in [0.15, 0.2) is 16.6 Å². The number of benzene rings is 1. The maximum absolute atomic E-state index is 11.6. The number of nitrogens with zero attached hydrogens (tertiary/aromatic N) is 1. The Kier molecular flexibility index (Phi) is 4.22. The molecule has 2 N–H and O–H groups in total. The zero-order valence-electron chi connectivity index (χ0n) is 12.2. The summed E-state index contributed by atoms with van der Waals surface area (Å²) in [7, 11) is 2.12. The maximum Gasteiger partial charge on any atom is 0.257 e. The second-order valence-electron chi connectivity index (χ2n) is 6.04. The number of carbonyl (C=O) groups is 1. The molecule has 1 amide bonds. The number of aliphatic hydroxyl groups excluding tert-OH is 1. The van der Waals surface area contributed by atoms with Crippen LogP contribution in [0, 0.1) is 0 Å². The van der Waals surface area contributed by atoms with Crippen LogP contribution in [-0.2, 0) is 4.79 Å². The topological polar surface area (TPSA) is 52.6 Å². The van der Waals surface area contributed by atoms with Crippen LogP contribution in [0.5, 0.6) is 0 Å². The van der Waals surface area contributed by atoms with Crippen molar-refractivity contribution in [3.63, 3.8) is 0 Å². The zero-order chi connectivity index (χ0) is 15.0. The Hall–Kier alpha value is -1.07. The molecule has 5 heteroatoms. The number of nitrogens with one attached hydrogen (secondary N) is 1. The molecule has 1 aromatic carbocycles. The Labute approximate surface area is 133 Å². The van der Waals surface area contributed by atoms with Gasteiger partial charge in [-0.15, -0.1) is 0 Å². The van der Waals surface area contributed by atoms with E-state index < -0.39 is 6.10 Å². The number of carbonyl (C=O) groups excluding carboxylic acids is 1. The second-order valence-corrected chi connectivity index (χ2v) is 6.89. The van der Waals surface area contributed by atoms with E-state index in [1.165, 1.54) is 38.5 Å². The van der Waals surface area contributed by atoms with Crippen molar-refractivity contribution < 1.29 is 9.90 Å². The molecule has 3 rings (SSSR count). The largest absolute Gasteiger partial charge is 0.378 e. The van der Waals surface area contributed by atoms with Crippen LogP contribution < -0.4 is 10.2 Å². The van der Waals surface area contributed by atoms with Gasteiger partial charge in [-0.05, 0) is 40.9 Å². The normalized spacial score (nSPS) is 22.6. The third-order valence-electron chi connectivity index (χ3n) is 4.67. The average Bonchev–Trinajstić information content (AvgIpc) is 2.68. The van der Waals surface area contributed by atoms with Crippen molar-refractivity contribution >= 4 is 33.2 Å². The summed E-state index contributed by atoms with van der Waals surface area (Å²) in [6.07, 6.45) is 6.62. The van der Waals surface area contributed by atoms with Gasteiger partial charge in [-0.2, -0.15) is 0 Å². The standard InChI is InChI=1S/C16H21BrN2O2/c1-19(10-6-4-2-3-5-7-10)14-9-13-11(8-12(14)17)15(20)16(21)18-13/h8-10,15,20H,2-7H2,1H3,(H,18,21). The van der Waals surface area contributed by atoms with Gasteiger partial charge in [-0.3, -0.25) is 4.79 Å². The molecule has 1 fully saturated rings. The van der Waals surface area contributed by atoms with Gasteiger partial charge in [0.05, 0.1) is 5.69 Å². The Morgan fingerprint density at radius 3 is 2.57 bits per heavy atom. The molecule has 0 radical (unpaired) electrons. The summed E-state index contributed by atoms with van der Waals surface area (Å²) in [6, 6.07) is 4.38. The van der Waals surface area contributed by atoms with E-state index in [0.29, 0.717) is 11.6 Å². The van der Waals surface area contributed by atoms with Crippen LogP contribution in [-0.4, -0.2) is 24.1 Å². The van der Waals surface area contributed by atoms with Crippen molar-refractivity contribution in [2.24, 2.45) is 0 Å². The van der Waals surface area contributed by atoms with Gasteiger partial charge in [0.1, 0.15) is 0 Å². The molecule has 21 heavy (non-hydrogen) atoms. The number of aliphatic hydroxyl groups is 1. The molecule has 1 atom stereocenters. The van der Waals surface area contributed by atoms with E-state index in [4.69, 9.17) is 0 Å². The average molecular weight is 353 g/mol. The summed E-state index contributed by atoms with van der Waals surface area (Å²) >= 11 is 3.59. The first-order valence-corrected chi connectivity index (χ1v) is 8.42. The van der Waals surface area contributed by atoms with Crippen molar-refractivity contribution in [3.05, 3.63) is 22.2 Å². The monoisotopic (exact) mass is 352 g/mol. The first-order valence-electron chi connectivity index (χ1n) is 7.63. The van der Waals surface area contributed by atoms with Crippen LogP contribution in [0.2, 0.25) is 0 Å². The second kappa shape index (κ2) is 5.97. The van der Waals surface area contributed by atoms with Crippen LogP contribution in [0.25, 0.3) is 0 Å². The number of hydrogen-bond acceptors (Lipinski definition) is 3. The minimum Gasteiger partial charge on any atom is -0.378 e. The number of amides is 1. The molecular formula is C16H21BrN2O2. The highest BCUT2D eigenvalue weighted by Crippen LogP contribution is 2.40. The summed E-state index contributed by atoms with van der Waals surface area (Å²) in [5, 5.41) is 12.6. The summed E-state index contributed by atoms with van der Waals surface area (Å²) in [5.74, 6) is -0.342. The fraction of sp³-hybridized carbons (Fsp3) is 0.562. The van der Waals surface area contributed by atoms with Gasteiger partial charge in [-0.1, -0.05) is 25.7 Å². The van der Waals surface area contributed by atoms with Crippen LogP contribution >= 0.6 is 15.9 Å². The lowest BCUT2D eigenvalue weighted by molar-refractivity contribution is -0.123. The molecule has 2 aliphatic rings. The molecule has 1 aliphatic heterocycles. The van der Waals surface area contributed by atoms with Crippen LogP contribution in [0.1, 0.15) is 50.2 Å². The molecular weight excluding hydrogens is 332 g/mol. The third kappa shape index (κ3) is 2.81. The van der Waals surface area contributed by atoms with Crippen LogP contribution in [0.4, 0.5) is 11.4 Å². The van der Waals surface area contributed by atoms with Crippen molar-refractivity contribution in [3.8, 4) is 0 Å². The van der Waals surface area contributed by atoms with Gasteiger partial charge in [0.25, 0.3) is 5.91 Å². The minimum absolute atomic E-state index is 0.342. The lowest BCUT2D eigenvalue weighted by Gasteiger charge is -2.30. The highest BCUT2D eigenvalue weighted by atomic mass is 79.9. The van der Waals surface area contributed by atoms with Crippen LogP contribution in [0.3, 0.4) is 0 Å². The van der Waals surface area contributed by atoms with E-state index in [9.17, 15) is 9.90 Å². The lowest BCUT2D eigenvalue weighted by atomic mass is 10.1. The summed E-state index contributed by atoms with van der Waals surface area (Å²) in [6.45, 7) is 0. The number of fused-ring (bicyclic) bond motifs is 1. The van der Waals surface area contributed by atoms with E-state index in [0.717, 1.165) is 15.8 Å². The quantitative estimate of drug-likeness (QED) is 0.799. The number of halogens is 1. The molecule has 0 saturated heterocycles. The summed E-state index contributed by atoms with van der Waals surface area (Å²) in [5.41, 5.74) is 2.46.